The zero-order valence-corrected chi connectivity index (χ0v) is 48.9. The average molecular weight is 1100 g/mol. The summed E-state index contributed by atoms with van der Waals surface area (Å²) in [6.45, 7) is 4.91. The van der Waals surface area contributed by atoms with Crippen molar-refractivity contribution in [1.29, 1.82) is 0 Å². The number of hydrogen-bond donors (Lipinski definition) is 4. The molecule has 4 aromatic heterocycles. The fraction of sp³-hybridized carbons (Fsp3) is 0.581. The third-order valence-corrected chi connectivity index (χ3v) is 14.5. The van der Waals surface area contributed by atoms with E-state index in [4.69, 9.17) is 49.9 Å². The first-order chi connectivity index (χ1) is 39.3. The Balaban J connectivity index is 0.694. The van der Waals surface area contributed by atoms with Crippen molar-refractivity contribution in [2.45, 2.75) is 167 Å². The van der Waals surface area contributed by atoms with Crippen LogP contribution in [0.4, 0.5) is 11.6 Å². The van der Waals surface area contributed by atoms with Crippen molar-refractivity contribution in [3.8, 4) is 58.2 Å². The molecule has 0 aliphatic carbocycles. The van der Waals surface area contributed by atoms with E-state index in [2.05, 4.69) is 63.4 Å². The summed E-state index contributed by atoms with van der Waals surface area (Å²) < 4.78 is 37.6. The van der Waals surface area contributed by atoms with Gasteiger partial charge >= 0.3 is 0 Å². The molecule has 0 amide bonds. The maximum Gasteiger partial charge on any atom is 0.203 e. The number of unbranched alkanes of at least 4 members (excludes halogenated alkanes) is 19. The number of aromatic nitrogens is 8. The number of rotatable bonds is 39. The van der Waals surface area contributed by atoms with Gasteiger partial charge in [0.1, 0.15) is 24.3 Å². The second-order valence-electron chi connectivity index (χ2n) is 20.3. The number of nitrogens with zero attached hydrogens (tertiary/aromatic N) is 8. The van der Waals surface area contributed by atoms with Crippen LogP contribution in [-0.2, 0) is 25.9 Å². The van der Waals surface area contributed by atoms with Crippen LogP contribution in [0.25, 0.3) is 22.3 Å². The highest BCUT2D eigenvalue weighted by atomic mass is 16.5. The molecule has 0 aliphatic rings. The first-order valence-corrected chi connectivity index (χ1v) is 29.2. The van der Waals surface area contributed by atoms with E-state index in [1.807, 2.05) is 24.3 Å². The molecule has 2 aromatic carbocycles. The van der Waals surface area contributed by atoms with Crippen molar-refractivity contribution in [2.24, 2.45) is 0 Å². The molecule has 6 N–H and O–H groups in total. The van der Waals surface area contributed by atoms with Gasteiger partial charge in [-0.1, -0.05) is 115 Å². The van der Waals surface area contributed by atoms with Crippen molar-refractivity contribution in [3.63, 3.8) is 0 Å². The number of methoxy groups -OCH3 is 6. The maximum absolute atomic E-state index is 6.20. The predicted molar refractivity (Wildman–Crippen MR) is 320 cm³/mol. The lowest BCUT2D eigenvalue weighted by molar-refractivity contribution is 0.324. The number of nitrogens with two attached hydrogens (primary N) is 2. The molecule has 0 aliphatic heterocycles. The Hall–Kier alpha value is -7.02. The molecule has 80 heavy (non-hydrogen) atoms. The van der Waals surface area contributed by atoms with Crippen LogP contribution in [0.1, 0.15) is 164 Å². The van der Waals surface area contributed by atoms with Crippen LogP contribution < -0.4 is 50.5 Å². The van der Waals surface area contributed by atoms with Crippen molar-refractivity contribution in [3.05, 3.63) is 59.7 Å². The zero-order valence-electron chi connectivity index (χ0n) is 48.9. The van der Waals surface area contributed by atoms with Gasteiger partial charge < -0.3 is 59.7 Å². The van der Waals surface area contributed by atoms with Gasteiger partial charge in [0.05, 0.1) is 55.7 Å². The molecule has 0 atom stereocenters. The number of imidazole rings is 2. The molecule has 6 aromatic rings. The normalized spacial score (nSPS) is 11.1. The number of ether oxygens (including phenoxy) is 6. The fourth-order valence-corrected chi connectivity index (χ4v) is 10.2. The van der Waals surface area contributed by atoms with Crippen molar-refractivity contribution in [1.82, 2.24) is 49.7 Å². The van der Waals surface area contributed by atoms with Crippen molar-refractivity contribution < 1.29 is 28.4 Å². The zero-order chi connectivity index (χ0) is 56.6. The average Bonchev–Trinajstić information content (AvgIpc) is 4.09. The number of hydrogen-bond acceptors (Lipinski definition) is 16. The molecular weight excluding hydrogens is 1010 g/mol. The number of anilines is 2. The van der Waals surface area contributed by atoms with Gasteiger partial charge in [0, 0.05) is 38.8 Å². The molecule has 0 radical (unpaired) electrons. The number of fused-ring (bicyclic) bond motifs is 2. The van der Waals surface area contributed by atoms with E-state index < -0.39 is 0 Å². The summed E-state index contributed by atoms with van der Waals surface area (Å²) in [6.07, 6.45) is 31.5. The van der Waals surface area contributed by atoms with E-state index in [9.17, 15) is 0 Å². The molecule has 18 heteroatoms. The van der Waals surface area contributed by atoms with Gasteiger partial charge in [0.15, 0.2) is 57.0 Å². The van der Waals surface area contributed by atoms with Crippen LogP contribution >= 0.6 is 0 Å². The third-order valence-electron chi connectivity index (χ3n) is 14.5. The molecule has 18 nitrogen and oxygen atoms in total. The van der Waals surface area contributed by atoms with E-state index in [0.717, 1.165) is 85.9 Å². The SMILES string of the molecule is COc1cc(Cc2nc3c(N)ncnc3n2CCCC#CCNCCCCCCCCCCCCCCCCCCCCNCC#CCCCn2c(Cc3cc(OC)c(OC)c(OC)c3)nc3c(N)ncnc32)cc(OC)c1OC. The van der Waals surface area contributed by atoms with E-state index in [-0.39, 0.29) is 0 Å². The lowest BCUT2D eigenvalue weighted by atomic mass is 10.0. The highest BCUT2D eigenvalue weighted by Crippen LogP contribution is 2.40. The molecule has 4 heterocycles. The quantitative estimate of drug-likeness (QED) is 0.0208. The van der Waals surface area contributed by atoms with Crippen LogP contribution in [0.5, 0.6) is 34.5 Å². The predicted octanol–water partition coefficient (Wildman–Crippen LogP) is 10.8. The van der Waals surface area contributed by atoms with Crippen molar-refractivity contribution >= 4 is 34.0 Å². The minimum absolute atomic E-state index is 0.367. The summed E-state index contributed by atoms with van der Waals surface area (Å²) in [6, 6.07) is 7.77. The van der Waals surface area contributed by atoms with Crippen molar-refractivity contribution in [2.75, 3.05) is 80.3 Å². The lowest BCUT2D eigenvalue weighted by Gasteiger charge is -2.14. The summed E-state index contributed by atoms with van der Waals surface area (Å²) in [4.78, 5) is 27.1. The molecule has 0 unspecified atom stereocenters. The standard InChI is InChI=1S/C62H90N12O6/c1-75-49-39-47(40-50(76-2)57(49)79-5)43-53-71-55-59(63)67-45-69-61(55)73(53)37-31-25-23-29-35-65-33-27-21-19-17-15-13-11-9-7-8-10-12-14-16-18-20-22-28-34-66-36-30-24-26-32-38-74-54(72-56-60(64)68-46-70-62(56)74)44-48-41-51(77-3)58(80-6)52(42-48)78-4/h39-42,45-46,65-66H,7-22,25-28,31-38,43-44H2,1-6H3,(H2,63,67,69)(H2,64,68,70). The molecule has 0 fully saturated rings. The number of nitrogens with one attached hydrogen (secondary N) is 2. The van der Waals surface area contributed by atoms with Gasteiger partial charge in [-0.2, -0.15) is 0 Å². The van der Waals surface area contributed by atoms with Gasteiger partial charge in [0.25, 0.3) is 0 Å². The summed E-state index contributed by atoms with van der Waals surface area (Å²) in [5.74, 6) is 19.2. The van der Waals surface area contributed by atoms with Gasteiger partial charge in [-0.25, -0.2) is 29.9 Å². The number of benzene rings is 2. The van der Waals surface area contributed by atoms with Gasteiger partial charge in [-0.15, -0.1) is 11.8 Å². The highest BCUT2D eigenvalue weighted by Gasteiger charge is 2.20. The second kappa shape index (κ2) is 35.6. The molecule has 434 valence electrons. The minimum atomic E-state index is 0.367. The minimum Gasteiger partial charge on any atom is -0.493 e. The fourth-order valence-electron chi connectivity index (χ4n) is 10.2. The summed E-state index contributed by atoms with van der Waals surface area (Å²) in [7, 11) is 9.65. The second-order valence-corrected chi connectivity index (χ2v) is 20.3. The Labute approximate surface area is 475 Å². The molecule has 6 rings (SSSR count). The highest BCUT2D eigenvalue weighted by molar-refractivity contribution is 5.82. The van der Waals surface area contributed by atoms with E-state index in [0.29, 0.717) is 83.1 Å². The Kier molecular flexibility index (Phi) is 27.6. The van der Waals surface area contributed by atoms with Crippen LogP contribution in [-0.4, -0.2) is 108 Å². The monoisotopic (exact) mass is 1100 g/mol. The molecule has 0 spiro atoms. The van der Waals surface area contributed by atoms with E-state index in [1.54, 1.807) is 42.7 Å². The van der Waals surface area contributed by atoms with Gasteiger partial charge in [-0.05, 0) is 74.2 Å². The summed E-state index contributed by atoms with van der Waals surface area (Å²) >= 11 is 0. The summed E-state index contributed by atoms with van der Waals surface area (Å²) in [5, 5.41) is 7.00. The summed E-state index contributed by atoms with van der Waals surface area (Å²) in [5.41, 5.74) is 17.0. The van der Waals surface area contributed by atoms with Crippen LogP contribution in [0, 0.1) is 23.7 Å². The Morgan fingerprint density at radius 1 is 0.412 bits per heavy atom. The lowest BCUT2D eigenvalue weighted by Crippen LogP contribution is -2.15. The molecule has 0 bridgehead atoms. The van der Waals surface area contributed by atoms with Crippen LogP contribution in [0.15, 0.2) is 36.9 Å². The molecule has 0 saturated heterocycles. The first-order valence-electron chi connectivity index (χ1n) is 29.2. The maximum atomic E-state index is 6.20. The Morgan fingerprint density at radius 2 is 0.738 bits per heavy atom. The number of aryl methyl sites for hydroxylation is 2. The first kappa shape index (κ1) is 62.2. The van der Waals surface area contributed by atoms with E-state index in [1.165, 1.54) is 128 Å². The van der Waals surface area contributed by atoms with Crippen LogP contribution in [0.2, 0.25) is 0 Å². The van der Waals surface area contributed by atoms with Crippen LogP contribution in [0.3, 0.4) is 0 Å². The Bertz CT molecular complexity index is 2670. The smallest absolute Gasteiger partial charge is 0.203 e. The third kappa shape index (κ3) is 19.4. The van der Waals surface area contributed by atoms with E-state index >= 15 is 0 Å². The van der Waals surface area contributed by atoms with Gasteiger partial charge in [0.2, 0.25) is 11.5 Å². The molecular formula is C62H90N12O6. The van der Waals surface area contributed by atoms with Gasteiger partial charge in [-0.3, -0.25) is 0 Å². The molecule has 0 saturated carbocycles. The Morgan fingerprint density at radius 3 is 1.05 bits per heavy atom. The largest absolute Gasteiger partial charge is 0.493 e. The topological polar surface area (TPSA) is 219 Å². The number of nitrogen functional groups attached to an aromatic ring is 2.